The van der Waals surface area contributed by atoms with Gasteiger partial charge in [0.15, 0.2) is 22.9 Å². The molecule has 2 amide bonds. The predicted molar refractivity (Wildman–Crippen MR) is 145 cm³/mol. The van der Waals surface area contributed by atoms with Crippen molar-refractivity contribution in [2.45, 2.75) is 37.7 Å². The highest BCUT2D eigenvalue weighted by Gasteiger charge is 2.48. The molecule has 42 heavy (non-hydrogen) atoms. The van der Waals surface area contributed by atoms with Crippen LogP contribution in [0, 0.1) is 11.6 Å². The monoisotopic (exact) mass is 589 g/mol. The first-order valence-corrected chi connectivity index (χ1v) is 13.3. The van der Waals surface area contributed by atoms with Gasteiger partial charge in [0.25, 0.3) is 5.91 Å². The van der Waals surface area contributed by atoms with Crippen molar-refractivity contribution in [3.8, 4) is 11.5 Å². The lowest BCUT2D eigenvalue weighted by Crippen LogP contribution is -2.61. The molecule has 2 aliphatic rings. The Morgan fingerprint density at radius 1 is 1.17 bits per heavy atom. The number of hydrogen-bond acceptors (Lipinski definition) is 9. The molecule has 0 saturated carbocycles. The van der Waals surface area contributed by atoms with Crippen molar-refractivity contribution in [3.63, 3.8) is 0 Å². The number of amides is 2. The summed E-state index contributed by atoms with van der Waals surface area (Å²) in [4.78, 5) is 28.7. The second-order valence-electron chi connectivity index (χ2n) is 10.9. The van der Waals surface area contributed by atoms with Gasteiger partial charge < -0.3 is 38.7 Å². The number of aliphatic hydroxyl groups is 1. The van der Waals surface area contributed by atoms with Gasteiger partial charge >= 0.3 is 0 Å². The highest BCUT2D eigenvalue weighted by atomic mass is 19.2. The molecular formula is C29H33F2N3O8. The largest absolute Gasteiger partial charge is 0.496 e. The minimum atomic E-state index is -1.58. The van der Waals surface area contributed by atoms with Crippen molar-refractivity contribution in [1.29, 1.82) is 0 Å². The molecule has 2 atom stereocenters. The van der Waals surface area contributed by atoms with Crippen LogP contribution in [0.4, 0.5) is 8.78 Å². The van der Waals surface area contributed by atoms with E-state index in [1.165, 1.54) is 32.1 Å². The Balaban J connectivity index is 1.42. The molecule has 11 nitrogen and oxygen atoms in total. The molecule has 0 aliphatic carbocycles. The number of methoxy groups -OCH3 is 2. The molecule has 1 saturated heterocycles. The fourth-order valence-electron chi connectivity index (χ4n) is 5.09. The number of ether oxygens (including phenoxy) is 4. The summed E-state index contributed by atoms with van der Waals surface area (Å²) in [6, 6.07) is 7.17. The van der Waals surface area contributed by atoms with Gasteiger partial charge in [-0.05, 0) is 43.7 Å². The number of carbonyl (C=O) groups is 2. The van der Waals surface area contributed by atoms with Crippen LogP contribution in [0.5, 0.6) is 11.5 Å². The first kappa shape index (κ1) is 29.7. The zero-order valence-corrected chi connectivity index (χ0v) is 23.7. The summed E-state index contributed by atoms with van der Waals surface area (Å²) in [5.41, 5.74) is -1.28. The van der Waals surface area contributed by atoms with Crippen LogP contribution in [0.2, 0.25) is 0 Å². The summed E-state index contributed by atoms with van der Waals surface area (Å²) in [6.45, 7) is 3.82. The van der Waals surface area contributed by atoms with E-state index in [0.29, 0.717) is 29.7 Å². The lowest BCUT2D eigenvalue weighted by Gasteiger charge is -2.40. The number of carbonyl (C=O) groups excluding carboxylic acids is 2. The summed E-state index contributed by atoms with van der Waals surface area (Å²) < 4.78 is 56.0. The van der Waals surface area contributed by atoms with Gasteiger partial charge in [0.1, 0.15) is 24.2 Å². The number of benzene rings is 2. The average Bonchev–Trinajstić information content (AvgIpc) is 3.28. The first-order valence-electron chi connectivity index (χ1n) is 13.3. The van der Waals surface area contributed by atoms with Gasteiger partial charge in [-0.3, -0.25) is 14.9 Å². The molecule has 226 valence electrons. The Hall–Kier alpha value is -3.78. The summed E-state index contributed by atoms with van der Waals surface area (Å²) in [5, 5.41) is 16.9. The average molecular weight is 590 g/mol. The Kier molecular flexibility index (Phi) is 8.12. The van der Waals surface area contributed by atoms with Gasteiger partial charge in [0.2, 0.25) is 11.7 Å². The quantitative estimate of drug-likeness (QED) is 0.306. The Bertz CT molecular complexity index is 1510. The highest BCUT2D eigenvalue weighted by Crippen LogP contribution is 2.39. The van der Waals surface area contributed by atoms with Gasteiger partial charge in [-0.15, -0.1) is 0 Å². The van der Waals surface area contributed by atoms with E-state index < -0.39 is 41.8 Å². The number of nitrogens with one attached hydrogen (secondary N) is 2. The molecule has 1 fully saturated rings. The molecule has 3 N–H and O–H groups in total. The van der Waals surface area contributed by atoms with Gasteiger partial charge in [-0.25, -0.2) is 8.78 Å². The Morgan fingerprint density at radius 2 is 1.93 bits per heavy atom. The highest BCUT2D eigenvalue weighted by molar-refractivity contribution is 6.04. The van der Waals surface area contributed by atoms with Crippen LogP contribution in [0.15, 0.2) is 34.7 Å². The van der Waals surface area contributed by atoms with Crippen molar-refractivity contribution in [1.82, 2.24) is 15.5 Å². The van der Waals surface area contributed by atoms with Crippen LogP contribution in [-0.2, 0) is 20.8 Å². The minimum Gasteiger partial charge on any atom is -0.496 e. The molecule has 2 aromatic carbocycles. The van der Waals surface area contributed by atoms with Gasteiger partial charge in [-0.1, -0.05) is 6.07 Å². The van der Waals surface area contributed by atoms with Crippen molar-refractivity contribution >= 4 is 22.8 Å². The normalized spacial score (nSPS) is 20.4. The molecule has 1 aromatic heterocycles. The number of aliphatic hydroxyl groups excluding tert-OH is 1. The third-order valence-corrected chi connectivity index (χ3v) is 7.65. The van der Waals surface area contributed by atoms with E-state index in [2.05, 4.69) is 10.6 Å². The molecule has 2 aliphatic heterocycles. The first-order chi connectivity index (χ1) is 20.0. The zero-order chi connectivity index (χ0) is 30.2. The fraction of sp³-hybridized carbons (Fsp3) is 0.448. The maximum absolute atomic E-state index is 14.5. The van der Waals surface area contributed by atoms with E-state index in [4.69, 9.17) is 23.4 Å². The van der Waals surface area contributed by atoms with Crippen molar-refractivity contribution < 1.29 is 46.8 Å². The molecule has 13 heteroatoms. The predicted octanol–water partition coefficient (Wildman–Crippen LogP) is 2.65. The van der Waals surface area contributed by atoms with Crippen LogP contribution in [0.1, 0.15) is 41.8 Å². The lowest BCUT2D eigenvalue weighted by atomic mass is 9.99. The number of furan rings is 1. The molecule has 0 radical (unpaired) electrons. The molecule has 0 bridgehead atoms. The van der Waals surface area contributed by atoms with Crippen LogP contribution in [0.25, 0.3) is 11.0 Å². The van der Waals surface area contributed by atoms with Crippen LogP contribution in [-0.4, -0.2) is 80.1 Å². The van der Waals surface area contributed by atoms with Crippen molar-refractivity contribution in [3.05, 3.63) is 58.9 Å². The van der Waals surface area contributed by atoms with Crippen LogP contribution >= 0.6 is 0 Å². The topological polar surface area (TPSA) is 132 Å². The third-order valence-electron chi connectivity index (χ3n) is 7.65. The van der Waals surface area contributed by atoms with Crippen molar-refractivity contribution in [2.75, 3.05) is 47.2 Å². The number of fused-ring (bicyclic) bond motifs is 3. The standard InChI is InChI=1S/C29H33F2N3O8/c1-28(13-40-14-28)33-25(35)16-5-6-17-21(11-16)42-24-23(17)41-15-29(2,34(26(24)36)9-10-38-3)27(37)32-12-18-20(39-4)8-7-19(30)22(18)31/h5-8,11,25,33,35H,9-10,12-15H2,1-4H3,(H,32,37). The number of hydrogen-bond donors (Lipinski definition) is 3. The smallest absolute Gasteiger partial charge is 0.294 e. The Morgan fingerprint density at radius 3 is 2.60 bits per heavy atom. The summed E-state index contributed by atoms with van der Waals surface area (Å²) in [7, 11) is 2.76. The Labute approximate surface area is 240 Å². The van der Waals surface area contributed by atoms with Gasteiger partial charge in [0, 0.05) is 20.2 Å². The van der Waals surface area contributed by atoms with Crippen LogP contribution < -0.4 is 20.1 Å². The molecule has 3 aromatic rings. The second-order valence-corrected chi connectivity index (χ2v) is 10.9. The van der Waals surface area contributed by atoms with E-state index in [0.717, 1.165) is 6.07 Å². The zero-order valence-electron chi connectivity index (χ0n) is 23.7. The van der Waals surface area contributed by atoms with Gasteiger partial charge in [0.05, 0.1) is 43.4 Å². The molecular weight excluding hydrogens is 556 g/mol. The van der Waals surface area contributed by atoms with Crippen LogP contribution in [0.3, 0.4) is 0 Å². The SMILES string of the molecule is COCCN1C(=O)c2oc3cc(C(O)NC4(C)COC4)ccc3c2OCC1(C)C(=O)NCc1c(OC)ccc(F)c1F. The fourth-order valence-corrected chi connectivity index (χ4v) is 5.09. The molecule has 3 heterocycles. The maximum atomic E-state index is 14.5. The molecule has 2 unspecified atom stereocenters. The summed E-state index contributed by atoms with van der Waals surface area (Å²) in [6.07, 6.45) is -1.00. The van der Waals surface area contributed by atoms with E-state index >= 15 is 0 Å². The molecule has 5 rings (SSSR count). The number of nitrogens with zero attached hydrogens (tertiary/aromatic N) is 1. The lowest BCUT2D eigenvalue weighted by molar-refractivity contribution is -0.133. The second kappa shape index (κ2) is 11.5. The van der Waals surface area contributed by atoms with Gasteiger partial charge in [-0.2, -0.15) is 0 Å². The third kappa shape index (κ3) is 5.28. The van der Waals surface area contributed by atoms with E-state index in [1.807, 2.05) is 6.92 Å². The number of rotatable bonds is 10. The summed E-state index contributed by atoms with van der Waals surface area (Å²) in [5.74, 6) is -3.43. The van der Waals surface area contributed by atoms with E-state index in [-0.39, 0.29) is 48.1 Å². The van der Waals surface area contributed by atoms with Crippen molar-refractivity contribution in [2.24, 2.45) is 0 Å². The summed E-state index contributed by atoms with van der Waals surface area (Å²) >= 11 is 0. The maximum Gasteiger partial charge on any atom is 0.294 e. The number of halogens is 2. The minimum absolute atomic E-state index is 0.00524. The molecule has 0 spiro atoms. The van der Waals surface area contributed by atoms with E-state index in [9.17, 15) is 23.5 Å². The van der Waals surface area contributed by atoms with E-state index in [1.54, 1.807) is 18.2 Å².